The molecule has 55 heavy (non-hydrogen) atoms. The number of H-pyrrole nitrogens is 1. The number of aromatic amines is 1. The molecule has 0 amide bonds. The van der Waals surface area contributed by atoms with E-state index in [4.69, 9.17) is 14.0 Å². The summed E-state index contributed by atoms with van der Waals surface area (Å²) >= 11 is 0. The van der Waals surface area contributed by atoms with E-state index in [1.54, 1.807) is 4.98 Å². The number of phosphoric acid groups is 1. The van der Waals surface area contributed by atoms with Gasteiger partial charge in [0.25, 0.3) is 5.56 Å². The number of hydrogen-bond donors (Lipinski definition) is 7. The van der Waals surface area contributed by atoms with E-state index in [9.17, 15) is 48.4 Å². The zero-order chi connectivity index (χ0) is 40.2. The zero-order valence-electron chi connectivity index (χ0n) is 31.8. The molecule has 7 N–H and O–H groups in total. The summed E-state index contributed by atoms with van der Waals surface area (Å²) in [6.45, 7) is 3.86. The molecule has 2 saturated heterocycles. The van der Waals surface area contributed by atoms with Crippen molar-refractivity contribution >= 4 is 13.6 Å². The van der Waals surface area contributed by atoms with Crippen molar-refractivity contribution in [3.05, 3.63) is 55.6 Å². The van der Waals surface area contributed by atoms with Crippen LogP contribution in [0.4, 0.5) is 10.2 Å². The third kappa shape index (κ3) is 12.6. The lowest BCUT2D eigenvalue weighted by Gasteiger charge is -2.41. The minimum absolute atomic E-state index is 0.281. The SMILES string of the molecule is CCCCCCCCCCCCCCCCCCNc1ccn(C2OC(C(C)(OP(=O)(O)O)C3OC(n4cc(F)c(=O)[nH]c4=O)CC3O)C(O)C2O)c(=O)n1. The van der Waals surface area contributed by atoms with E-state index in [1.807, 2.05) is 0 Å². The fraction of sp³-hybridized carbons (Fsp3) is 0.778. The number of aliphatic hydroxyl groups excluding tert-OH is 3. The Bertz CT molecular complexity index is 1720. The second-order valence-corrected chi connectivity index (χ2v) is 16.0. The highest BCUT2D eigenvalue weighted by molar-refractivity contribution is 7.46. The van der Waals surface area contributed by atoms with E-state index in [-0.39, 0.29) is 5.82 Å². The number of hydrogen-bond acceptors (Lipinski definition) is 12. The number of anilines is 1. The van der Waals surface area contributed by atoms with Gasteiger partial charge in [0.1, 0.15) is 42.1 Å². The number of phosphoric ester groups is 1. The molecular weight excluding hydrogens is 744 g/mol. The van der Waals surface area contributed by atoms with Gasteiger partial charge in [-0.1, -0.05) is 103 Å². The van der Waals surface area contributed by atoms with Crippen LogP contribution in [0, 0.1) is 5.82 Å². The lowest BCUT2D eigenvalue weighted by molar-refractivity contribution is -0.198. The maximum Gasteiger partial charge on any atom is 0.470 e. The van der Waals surface area contributed by atoms with Crippen LogP contribution in [0.5, 0.6) is 0 Å². The monoisotopic (exact) mass is 803 g/mol. The summed E-state index contributed by atoms with van der Waals surface area (Å²) in [7, 11) is -5.45. The molecular formula is C36H59FN5O12P. The van der Waals surface area contributed by atoms with Gasteiger partial charge < -0.3 is 39.9 Å². The van der Waals surface area contributed by atoms with Crippen LogP contribution in [-0.2, 0) is 18.6 Å². The maximum atomic E-state index is 14.0. The van der Waals surface area contributed by atoms with E-state index >= 15 is 0 Å². The van der Waals surface area contributed by atoms with Gasteiger partial charge in [0.15, 0.2) is 6.23 Å². The molecule has 19 heteroatoms. The summed E-state index contributed by atoms with van der Waals surface area (Å²) in [6, 6.07) is 1.48. The van der Waals surface area contributed by atoms with Crippen molar-refractivity contribution in [2.45, 2.75) is 172 Å². The Kier molecular flexibility index (Phi) is 17.2. The average molecular weight is 804 g/mol. The van der Waals surface area contributed by atoms with Crippen LogP contribution >= 0.6 is 7.82 Å². The van der Waals surface area contributed by atoms with Gasteiger partial charge in [0.05, 0.1) is 12.3 Å². The first kappa shape index (κ1) is 44.9. The van der Waals surface area contributed by atoms with Crippen molar-refractivity contribution in [2.24, 2.45) is 0 Å². The van der Waals surface area contributed by atoms with E-state index in [2.05, 4.69) is 17.2 Å². The highest BCUT2D eigenvalue weighted by Gasteiger charge is 2.62. The normalized spacial score (nSPS) is 25.3. The summed E-state index contributed by atoms with van der Waals surface area (Å²) in [4.78, 5) is 62.3. The predicted molar refractivity (Wildman–Crippen MR) is 200 cm³/mol. The molecule has 0 aromatic carbocycles. The number of unbranched alkanes of at least 4 members (excludes halogenated alkanes) is 15. The summed E-state index contributed by atoms with van der Waals surface area (Å²) in [5.74, 6) is -1.06. The molecule has 2 aromatic heterocycles. The fourth-order valence-corrected chi connectivity index (χ4v) is 8.22. The molecule has 2 aromatic rings. The van der Waals surface area contributed by atoms with Gasteiger partial charge in [-0.2, -0.15) is 9.37 Å². The zero-order valence-corrected chi connectivity index (χ0v) is 32.7. The van der Waals surface area contributed by atoms with Crippen LogP contribution in [0.1, 0.15) is 135 Å². The van der Waals surface area contributed by atoms with Crippen LogP contribution in [0.3, 0.4) is 0 Å². The summed E-state index contributed by atoms with van der Waals surface area (Å²) in [6.07, 6.45) is 9.36. The van der Waals surface area contributed by atoms with E-state index in [0.29, 0.717) is 17.3 Å². The summed E-state index contributed by atoms with van der Waals surface area (Å²) in [5, 5.41) is 36.1. The molecule has 17 nitrogen and oxygen atoms in total. The van der Waals surface area contributed by atoms with Crippen molar-refractivity contribution in [1.29, 1.82) is 0 Å². The predicted octanol–water partition coefficient (Wildman–Crippen LogP) is 3.74. The molecule has 0 spiro atoms. The number of aromatic nitrogens is 4. The molecule has 8 atom stereocenters. The van der Waals surface area contributed by atoms with E-state index in [1.165, 1.54) is 95.7 Å². The molecule has 4 rings (SSSR count). The van der Waals surface area contributed by atoms with Crippen molar-refractivity contribution in [2.75, 3.05) is 11.9 Å². The van der Waals surface area contributed by atoms with E-state index in [0.717, 1.165) is 30.8 Å². The highest BCUT2D eigenvalue weighted by atomic mass is 31.2. The average Bonchev–Trinajstić information content (AvgIpc) is 3.66. The van der Waals surface area contributed by atoms with Crippen molar-refractivity contribution in [3.8, 4) is 0 Å². The Hall–Kier alpha value is -2.80. The number of ether oxygens (including phenoxy) is 2. The van der Waals surface area contributed by atoms with Crippen molar-refractivity contribution in [1.82, 2.24) is 19.1 Å². The number of nitrogens with zero attached hydrogens (tertiary/aromatic N) is 3. The van der Waals surface area contributed by atoms with Gasteiger partial charge in [-0.25, -0.2) is 14.2 Å². The van der Waals surface area contributed by atoms with Crippen LogP contribution < -0.4 is 22.3 Å². The number of aliphatic hydroxyl groups is 3. The topological polar surface area (TPSA) is 248 Å². The quantitative estimate of drug-likeness (QED) is 0.0591. The van der Waals surface area contributed by atoms with Crippen LogP contribution in [0.2, 0.25) is 0 Å². The van der Waals surface area contributed by atoms with E-state index < -0.39 is 85.6 Å². The molecule has 0 radical (unpaired) electrons. The van der Waals surface area contributed by atoms with Crippen LogP contribution in [0.25, 0.3) is 0 Å². The lowest BCUT2D eigenvalue weighted by Crippen LogP contribution is -2.58. The first-order valence-corrected chi connectivity index (χ1v) is 21.1. The Morgan fingerprint density at radius 2 is 1.45 bits per heavy atom. The molecule has 312 valence electrons. The minimum Gasteiger partial charge on any atom is -0.390 e. The van der Waals surface area contributed by atoms with Gasteiger partial charge >= 0.3 is 19.2 Å². The number of halogens is 1. The smallest absolute Gasteiger partial charge is 0.390 e. The standard InChI is InChI=1S/C36H59FN5O12P/c1-3-4-5-6-7-8-9-10-11-12-13-14-15-16-17-18-20-38-26-19-21-41(34(47)39-26)33-29(45)28(44)31(53-33)36(2,54-55(49,50)51)30-25(43)22-27(52-30)42-23-24(37)32(46)40-35(42)48/h19,21,23,25,27-31,33,43-45H,3-18,20,22H2,1-2H3,(H,38,39,47)(H,40,46,48)(H2,49,50,51). The second-order valence-electron chi connectivity index (χ2n) is 14.9. The fourth-order valence-electron chi connectivity index (χ4n) is 7.50. The van der Waals surface area contributed by atoms with Crippen molar-refractivity contribution in [3.63, 3.8) is 0 Å². The van der Waals surface area contributed by atoms with Crippen LogP contribution in [-0.4, -0.2) is 86.9 Å². The third-order valence-electron chi connectivity index (χ3n) is 10.5. The lowest BCUT2D eigenvalue weighted by atomic mass is 9.86. The Morgan fingerprint density at radius 1 is 0.891 bits per heavy atom. The minimum atomic E-state index is -5.45. The molecule has 2 fully saturated rings. The number of nitrogens with one attached hydrogen (secondary N) is 2. The molecule has 0 aliphatic carbocycles. The molecule has 0 bridgehead atoms. The number of rotatable bonds is 24. The molecule has 2 aliphatic rings. The van der Waals surface area contributed by atoms with Gasteiger partial charge in [-0.15, -0.1) is 0 Å². The molecule has 2 aliphatic heterocycles. The molecule has 8 unspecified atom stereocenters. The van der Waals surface area contributed by atoms with Gasteiger partial charge in [-0.05, 0) is 19.4 Å². The molecule has 0 saturated carbocycles. The first-order valence-electron chi connectivity index (χ1n) is 19.6. The Balaban J connectivity index is 1.26. The van der Waals surface area contributed by atoms with Gasteiger partial charge in [-0.3, -0.25) is 23.4 Å². The maximum absolute atomic E-state index is 14.0. The summed E-state index contributed by atoms with van der Waals surface area (Å²) < 4.78 is 44.3. The first-order chi connectivity index (χ1) is 26.2. The Labute approximate surface area is 319 Å². The highest BCUT2D eigenvalue weighted by Crippen LogP contribution is 2.51. The van der Waals surface area contributed by atoms with Gasteiger partial charge in [0.2, 0.25) is 5.82 Å². The summed E-state index contributed by atoms with van der Waals surface area (Å²) in [5.41, 5.74) is -5.69. The van der Waals surface area contributed by atoms with Gasteiger partial charge in [0, 0.05) is 19.2 Å². The second kappa shape index (κ2) is 21.1. The van der Waals surface area contributed by atoms with Crippen LogP contribution in [0.15, 0.2) is 32.8 Å². The largest absolute Gasteiger partial charge is 0.470 e. The third-order valence-corrected chi connectivity index (χ3v) is 11.1. The Morgan fingerprint density at radius 3 is 2.00 bits per heavy atom. The molecule has 4 heterocycles. The van der Waals surface area contributed by atoms with Crippen molar-refractivity contribution < 1.29 is 48.1 Å².